The number of carbonyl (C=O) groups is 2. The lowest BCUT2D eigenvalue weighted by Crippen LogP contribution is -2.88. The molecule has 1 saturated heterocycles. The third-order valence-electron chi connectivity index (χ3n) is 3.68. The van der Waals surface area contributed by atoms with Gasteiger partial charge in [0.25, 0.3) is 11.8 Å². The summed E-state index contributed by atoms with van der Waals surface area (Å²) in [5, 5.41) is 4.28. The summed E-state index contributed by atoms with van der Waals surface area (Å²) in [6.07, 6.45) is 0. The second-order valence-corrected chi connectivity index (χ2v) is 5.07. The minimum absolute atomic E-state index is 0.0586. The lowest BCUT2D eigenvalue weighted by molar-refractivity contribution is -0.633. The summed E-state index contributed by atoms with van der Waals surface area (Å²) in [5.74, 6) is 0.0447. The average Bonchev–Trinajstić information content (AvgIpc) is 2.55. The van der Waals surface area contributed by atoms with Crippen molar-refractivity contribution in [2.24, 2.45) is 0 Å². The van der Waals surface area contributed by atoms with Gasteiger partial charge in [-0.2, -0.15) is 0 Å². The summed E-state index contributed by atoms with van der Waals surface area (Å²) in [4.78, 5) is 27.3. The van der Waals surface area contributed by atoms with Gasteiger partial charge in [0.15, 0.2) is 13.1 Å². The third kappa shape index (κ3) is 4.46. The normalized spacial score (nSPS) is 14.9. The lowest BCUT2D eigenvalue weighted by Gasteiger charge is -2.35. The monoisotopic (exact) mass is 291 g/mol. The number of anilines is 1. The topological polar surface area (TPSA) is 69.3 Å². The van der Waals surface area contributed by atoms with E-state index in [1.807, 2.05) is 23.1 Å². The number of nitrogens with two attached hydrogens (primary N) is 1. The Kier molecular flexibility index (Phi) is 5.57. The highest BCUT2D eigenvalue weighted by Crippen LogP contribution is 2.15. The van der Waals surface area contributed by atoms with Crippen LogP contribution in [0, 0.1) is 0 Å². The third-order valence-corrected chi connectivity index (χ3v) is 3.68. The van der Waals surface area contributed by atoms with Crippen molar-refractivity contribution in [3.05, 3.63) is 30.3 Å². The van der Waals surface area contributed by atoms with Gasteiger partial charge in [-0.3, -0.25) is 9.59 Å². The van der Waals surface area contributed by atoms with E-state index in [1.165, 1.54) is 5.69 Å². The summed E-state index contributed by atoms with van der Waals surface area (Å²) >= 11 is 0. The van der Waals surface area contributed by atoms with E-state index in [2.05, 4.69) is 22.3 Å². The highest BCUT2D eigenvalue weighted by atomic mass is 16.2. The molecule has 2 amide bonds. The fourth-order valence-corrected chi connectivity index (χ4v) is 2.41. The summed E-state index contributed by atoms with van der Waals surface area (Å²) in [5.41, 5.74) is 1.20. The average molecular weight is 291 g/mol. The zero-order valence-corrected chi connectivity index (χ0v) is 12.4. The SMILES string of the molecule is CNC(=O)C[NH2+]CC(=O)N1CCN(c2ccccc2)CC1. The van der Waals surface area contributed by atoms with E-state index in [4.69, 9.17) is 0 Å². The van der Waals surface area contributed by atoms with Crippen molar-refractivity contribution in [3.8, 4) is 0 Å². The molecule has 1 heterocycles. The first-order valence-corrected chi connectivity index (χ1v) is 7.30. The fraction of sp³-hybridized carbons (Fsp3) is 0.467. The number of carbonyl (C=O) groups excluding carboxylic acids is 2. The van der Waals surface area contributed by atoms with Crippen LogP contribution in [0.3, 0.4) is 0 Å². The minimum atomic E-state index is -0.0586. The van der Waals surface area contributed by atoms with Gasteiger partial charge in [-0.15, -0.1) is 0 Å². The molecular formula is C15H23N4O2+. The van der Waals surface area contributed by atoms with E-state index < -0.39 is 0 Å². The number of nitrogens with one attached hydrogen (secondary N) is 1. The molecule has 6 heteroatoms. The zero-order chi connectivity index (χ0) is 15.1. The van der Waals surface area contributed by atoms with Crippen molar-refractivity contribution in [2.75, 3.05) is 51.2 Å². The Hall–Kier alpha value is -2.08. The van der Waals surface area contributed by atoms with Gasteiger partial charge >= 0.3 is 0 Å². The predicted molar refractivity (Wildman–Crippen MR) is 81.0 cm³/mol. The molecule has 0 saturated carbocycles. The Morgan fingerprint density at radius 2 is 1.76 bits per heavy atom. The number of rotatable bonds is 5. The molecule has 0 bridgehead atoms. The minimum Gasteiger partial charge on any atom is -0.368 e. The molecule has 3 N–H and O–H groups in total. The maximum atomic E-state index is 12.1. The Labute approximate surface area is 125 Å². The first-order chi connectivity index (χ1) is 10.2. The van der Waals surface area contributed by atoms with E-state index in [1.54, 1.807) is 12.4 Å². The number of nitrogens with zero attached hydrogens (tertiary/aromatic N) is 2. The molecule has 114 valence electrons. The Morgan fingerprint density at radius 1 is 1.10 bits per heavy atom. The van der Waals surface area contributed by atoms with Gasteiger partial charge in [-0.25, -0.2) is 0 Å². The summed E-state index contributed by atoms with van der Waals surface area (Å²) in [6, 6.07) is 10.2. The van der Waals surface area contributed by atoms with Crippen molar-refractivity contribution in [1.29, 1.82) is 0 Å². The fourth-order valence-electron chi connectivity index (χ4n) is 2.41. The van der Waals surface area contributed by atoms with Crippen LogP contribution in [0.5, 0.6) is 0 Å². The molecule has 0 atom stereocenters. The van der Waals surface area contributed by atoms with Crippen LogP contribution in [-0.4, -0.2) is 63.0 Å². The van der Waals surface area contributed by atoms with Gasteiger partial charge < -0.3 is 20.4 Å². The summed E-state index contributed by atoms with van der Waals surface area (Å²) in [6.45, 7) is 3.81. The largest absolute Gasteiger partial charge is 0.368 e. The predicted octanol–water partition coefficient (Wildman–Crippen LogP) is -1.36. The number of quaternary nitrogens is 1. The van der Waals surface area contributed by atoms with Gasteiger partial charge in [-0.1, -0.05) is 18.2 Å². The van der Waals surface area contributed by atoms with Crippen molar-refractivity contribution in [2.45, 2.75) is 0 Å². The molecule has 1 fully saturated rings. The maximum Gasteiger partial charge on any atom is 0.277 e. The highest BCUT2D eigenvalue weighted by molar-refractivity contribution is 5.78. The van der Waals surface area contributed by atoms with E-state index >= 15 is 0 Å². The molecule has 1 aliphatic heterocycles. The molecule has 1 aliphatic rings. The quantitative estimate of drug-likeness (QED) is 0.704. The second-order valence-electron chi connectivity index (χ2n) is 5.07. The van der Waals surface area contributed by atoms with Crippen LogP contribution in [0.15, 0.2) is 30.3 Å². The number of hydrogen-bond acceptors (Lipinski definition) is 3. The van der Waals surface area contributed by atoms with Crippen molar-refractivity contribution in [1.82, 2.24) is 10.2 Å². The van der Waals surface area contributed by atoms with Crippen LogP contribution in [0.4, 0.5) is 5.69 Å². The number of amides is 2. The van der Waals surface area contributed by atoms with Gasteiger partial charge in [0.1, 0.15) is 0 Å². The van der Waals surface area contributed by atoms with Gasteiger partial charge in [-0.05, 0) is 12.1 Å². The molecule has 1 aromatic rings. The number of benzene rings is 1. The van der Waals surface area contributed by atoms with E-state index in [9.17, 15) is 9.59 Å². The van der Waals surface area contributed by atoms with E-state index in [-0.39, 0.29) is 11.8 Å². The van der Waals surface area contributed by atoms with Crippen LogP contribution in [0.25, 0.3) is 0 Å². The summed E-state index contributed by atoms with van der Waals surface area (Å²) in [7, 11) is 1.60. The van der Waals surface area contributed by atoms with Crippen molar-refractivity contribution >= 4 is 17.5 Å². The Balaban J connectivity index is 1.73. The molecule has 2 rings (SSSR count). The van der Waals surface area contributed by atoms with Gasteiger partial charge in [0.05, 0.1) is 0 Å². The van der Waals surface area contributed by atoms with Gasteiger partial charge in [0.2, 0.25) is 0 Å². The molecule has 21 heavy (non-hydrogen) atoms. The molecule has 0 aromatic heterocycles. The van der Waals surface area contributed by atoms with Crippen LogP contribution >= 0.6 is 0 Å². The number of hydrogen-bond donors (Lipinski definition) is 2. The smallest absolute Gasteiger partial charge is 0.277 e. The highest BCUT2D eigenvalue weighted by Gasteiger charge is 2.22. The molecule has 0 spiro atoms. The molecule has 1 aromatic carbocycles. The molecule has 0 unspecified atom stereocenters. The molecule has 6 nitrogen and oxygen atoms in total. The Bertz CT molecular complexity index is 470. The van der Waals surface area contributed by atoms with Gasteiger partial charge in [0, 0.05) is 38.9 Å². The second kappa shape index (κ2) is 7.64. The molecule has 0 radical (unpaired) electrons. The first-order valence-electron chi connectivity index (χ1n) is 7.30. The van der Waals surface area contributed by atoms with Crippen molar-refractivity contribution in [3.63, 3.8) is 0 Å². The standard InChI is InChI=1S/C15H22N4O2/c1-16-14(20)11-17-12-15(21)19-9-7-18(8-10-19)13-5-3-2-4-6-13/h2-6,17H,7-12H2,1H3,(H,16,20)/p+1. The van der Waals surface area contributed by atoms with Crippen LogP contribution in [-0.2, 0) is 9.59 Å². The number of piperazine rings is 1. The number of likely N-dealkylation sites (N-methyl/N-ethyl adjacent to an activating group) is 1. The van der Waals surface area contributed by atoms with Crippen molar-refractivity contribution < 1.29 is 14.9 Å². The first kappa shape index (κ1) is 15.3. The van der Waals surface area contributed by atoms with Crippen LogP contribution in [0.1, 0.15) is 0 Å². The maximum absolute atomic E-state index is 12.1. The number of para-hydroxylation sites is 1. The van der Waals surface area contributed by atoms with Crippen LogP contribution < -0.4 is 15.5 Å². The zero-order valence-electron chi connectivity index (χ0n) is 12.4. The summed E-state index contributed by atoms with van der Waals surface area (Å²) < 4.78 is 0. The molecular weight excluding hydrogens is 268 g/mol. The Morgan fingerprint density at radius 3 is 2.38 bits per heavy atom. The van der Waals surface area contributed by atoms with Crippen LogP contribution in [0.2, 0.25) is 0 Å². The van der Waals surface area contributed by atoms with E-state index in [0.717, 1.165) is 26.2 Å². The van der Waals surface area contributed by atoms with E-state index in [0.29, 0.717) is 13.1 Å². The molecule has 0 aliphatic carbocycles. The lowest BCUT2D eigenvalue weighted by atomic mass is 10.2.